The summed E-state index contributed by atoms with van der Waals surface area (Å²) in [4.78, 5) is 4.07. The maximum Gasteiger partial charge on any atom is 0.219 e. The molecule has 1 heterocycles. The van der Waals surface area contributed by atoms with Crippen LogP contribution in [0.1, 0.15) is 18.1 Å². The smallest absolute Gasteiger partial charge is 0.219 e. The summed E-state index contributed by atoms with van der Waals surface area (Å²) < 4.78 is 5.52. The van der Waals surface area contributed by atoms with Gasteiger partial charge in [0.15, 0.2) is 0 Å². The van der Waals surface area contributed by atoms with Crippen LogP contribution in [0.15, 0.2) is 104 Å². The summed E-state index contributed by atoms with van der Waals surface area (Å²) in [5, 5.41) is 0. The van der Waals surface area contributed by atoms with Crippen molar-refractivity contribution in [2.24, 2.45) is 0 Å². The van der Waals surface area contributed by atoms with Gasteiger partial charge in [0.05, 0.1) is 0 Å². The van der Waals surface area contributed by atoms with Crippen molar-refractivity contribution in [3.63, 3.8) is 0 Å². The standard InChI is InChI=1S/C12H11NO.C7H8.C5H8/c1-10-5-7-11(8-6-10)14-12-4-2-3-9-13-12;1-7-5-3-2-4-6-7;1-3-5-4-2/h2-9H,1H3;2-6H,1H3;3-5H,1H2,2H3/b;;5-4-. The Bertz CT molecular complexity index is 747. The summed E-state index contributed by atoms with van der Waals surface area (Å²) in [7, 11) is 0. The molecule has 2 nitrogen and oxygen atoms in total. The molecule has 26 heavy (non-hydrogen) atoms. The van der Waals surface area contributed by atoms with Crippen molar-refractivity contribution < 1.29 is 4.74 Å². The van der Waals surface area contributed by atoms with Crippen molar-refractivity contribution in [1.82, 2.24) is 4.98 Å². The van der Waals surface area contributed by atoms with E-state index in [2.05, 4.69) is 30.6 Å². The van der Waals surface area contributed by atoms with Crippen molar-refractivity contribution >= 4 is 0 Å². The van der Waals surface area contributed by atoms with Gasteiger partial charge in [-0.3, -0.25) is 0 Å². The minimum Gasteiger partial charge on any atom is -0.439 e. The van der Waals surface area contributed by atoms with E-state index < -0.39 is 0 Å². The highest BCUT2D eigenvalue weighted by molar-refractivity contribution is 5.29. The number of ether oxygens (including phenoxy) is 1. The first-order valence-corrected chi connectivity index (χ1v) is 8.56. The molecule has 3 aromatic rings. The molecule has 0 bridgehead atoms. The zero-order valence-electron chi connectivity index (χ0n) is 15.8. The van der Waals surface area contributed by atoms with Crippen LogP contribution in [-0.4, -0.2) is 4.98 Å². The predicted octanol–water partition coefficient (Wildman–Crippen LogP) is 6.93. The highest BCUT2D eigenvalue weighted by Gasteiger charge is 1.95. The number of pyridine rings is 1. The lowest BCUT2D eigenvalue weighted by Gasteiger charge is -2.03. The fourth-order valence-corrected chi connectivity index (χ4v) is 1.80. The molecule has 0 N–H and O–H groups in total. The van der Waals surface area contributed by atoms with Crippen LogP contribution in [0.5, 0.6) is 11.6 Å². The minimum atomic E-state index is 0.622. The maximum atomic E-state index is 5.52. The molecular formula is C24H27NO. The van der Waals surface area contributed by atoms with E-state index in [9.17, 15) is 0 Å². The highest BCUT2D eigenvalue weighted by Crippen LogP contribution is 2.18. The number of benzene rings is 2. The van der Waals surface area contributed by atoms with Crippen LogP contribution in [0.25, 0.3) is 0 Å². The molecule has 1 aromatic heterocycles. The van der Waals surface area contributed by atoms with Gasteiger partial charge >= 0.3 is 0 Å². The van der Waals surface area contributed by atoms with E-state index in [0.29, 0.717) is 5.88 Å². The monoisotopic (exact) mass is 345 g/mol. The van der Waals surface area contributed by atoms with E-state index in [0.717, 1.165) is 5.75 Å². The van der Waals surface area contributed by atoms with Crippen LogP contribution in [0.3, 0.4) is 0 Å². The number of hydrogen-bond donors (Lipinski definition) is 0. The Morgan fingerprint density at radius 3 is 1.85 bits per heavy atom. The van der Waals surface area contributed by atoms with Crippen molar-refractivity contribution in [2.45, 2.75) is 20.8 Å². The fourth-order valence-electron chi connectivity index (χ4n) is 1.80. The molecule has 0 aliphatic carbocycles. The SMILES string of the molecule is C=C/C=C\C.Cc1ccc(Oc2ccccn2)cc1.Cc1ccccc1. The number of hydrogen-bond acceptors (Lipinski definition) is 2. The lowest BCUT2D eigenvalue weighted by Crippen LogP contribution is -1.86. The molecule has 0 fully saturated rings. The normalized spacial score (nSPS) is 9.35. The van der Waals surface area contributed by atoms with Crippen LogP contribution in [0, 0.1) is 13.8 Å². The summed E-state index contributed by atoms with van der Waals surface area (Å²) in [5.74, 6) is 1.44. The topological polar surface area (TPSA) is 22.1 Å². The fraction of sp³-hybridized carbons (Fsp3) is 0.125. The highest BCUT2D eigenvalue weighted by atomic mass is 16.5. The van der Waals surface area contributed by atoms with Gasteiger partial charge in [0, 0.05) is 12.3 Å². The van der Waals surface area contributed by atoms with Gasteiger partial charge in [-0.15, -0.1) is 0 Å². The van der Waals surface area contributed by atoms with Crippen molar-refractivity contribution in [3.8, 4) is 11.6 Å². The zero-order valence-corrected chi connectivity index (χ0v) is 15.8. The third-order valence-electron chi connectivity index (χ3n) is 3.15. The molecule has 3 rings (SSSR count). The average molecular weight is 345 g/mol. The molecule has 2 heteroatoms. The lowest BCUT2D eigenvalue weighted by molar-refractivity contribution is 0.463. The summed E-state index contributed by atoms with van der Waals surface area (Å²) in [5.41, 5.74) is 2.54. The number of nitrogens with zero attached hydrogens (tertiary/aromatic N) is 1. The third kappa shape index (κ3) is 9.89. The maximum absolute atomic E-state index is 5.52. The molecule has 0 unspecified atom stereocenters. The summed E-state index contributed by atoms with van der Waals surface area (Å²) in [6.45, 7) is 9.55. The molecule has 0 radical (unpaired) electrons. The number of aryl methyl sites for hydroxylation is 2. The Kier molecular flexibility index (Phi) is 10.6. The Balaban J connectivity index is 0.000000235. The Morgan fingerprint density at radius 1 is 0.808 bits per heavy atom. The second-order valence-electron chi connectivity index (χ2n) is 5.50. The predicted molar refractivity (Wildman–Crippen MR) is 112 cm³/mol. The Labute approximate surface area is 157 Å². The summed E-state index contributed by atoms with van der Waals surface area (Å²) >= 11 is 0. The van der Waals surface area contributed by atoms with Gasteiger partial charge in [-0.2, -0.15) is 0 Å². The van der Waals surface area contributed by atoms with E-state index in [-0.39, 0.29) is 0 Å². The largest absolute Gasteiger partial charge is 0.439 e. The summed E-state index contributed by atoms with van der Waals surface area (Å²) in [6, 6.07) is 23.8. The van der Waals surface area contributed by atoms with Gasteiger partial charge < -0.3 is 4.74 Å². The number of allylic oxidation sites excluding steroid dienone is 3. The molecule has 0 spiro atoms. The molecular weight excluding hydrogens is 318 g/mol. The van der Waals surface area contributed by atoms with E-state index >= 15 is 0 Å². The van der Waals surface area contributed by atoms with Gasteiger partial charge in [0.25, 0.3) is 0 Å². The second-order valence-corrected chi connectivity index (χ2v) is 5.50. The van der Waals surface area contributed by atoms with Gasteiger partial charge in [0.2, 0.25) is 5.88 Å². The van der Waals surface area contributed by atoms with Crippen LogP contribution in [0.4, 0.5) is 0 Å². The summed E-state index contributed by atoms with van der Waals surface area (Å²) in [6.07, 6.45) is 7.29. The van der Waals surface area contributed by atoms with Crippen LogP contribution < -0.4 is 4.74 Å². The Morgan fingerprint density at radius 2 is 1.42 bits per heavy atom. The third-order valence-corrected chi connectivity index (χ3v) is 3.15. The average Bonchev–Trinajstić information content (AvgIpc) is 2.67. The molecule has 0 amide bonds. The van der Waals surface area contributed by atoms with Crippen molar-refractivity contribution in [3.05, 3.63) is 115 Å². The van der Waals surface area contributed by atoms with E-state index in [1.54, 1.807) is 12.3 Å². The molecule has 0 saturated heterocycles. The molecule has 134 valence electrons. The molecule has 0 saturated carbocycles. The van der Waals surface area contributed by atoms with Crippen LogP contribution >= 0.6 is 0 Å². The Hall–Kier alpha value is -3.13. The first-order chi connectivity index (χ1) is 12.7. The zero-order chi connectivity index (χ0) is 19.0. The molecule has 0 atom stereocenters. The van der Waals surface area contributed by atoms with E-state index in [4.69, 9.17) is 4.74 Å². The molecule has 0 aliphatic rings. The van der Waals surface area contributed by atoms with Gasteiger partial charge in [-0.05, 0) is 39.0 Å². The lowest BCUT2D eigenvalue weighted by atomic mass is 10.2. The number of aromatic nitrogens is 1. The second kappa shape index (κ2) is 13.2. The van der Waals surface area contributed by atoms with Gasteiger partial charge in [-0.25, -0.2) is 4.98 Å². The first kappa shape index (κ1) is 20.9. The molecule has 0 aliphatic heterocycles. The van der Waals surface area contributed by atoms with Crippen LogP contribution in [0.2, 0.25) is 0 Å². The quantitative estimate of drug-likeness (QED) is 0.480. The minimum absolute atomic E-state index is 0.622. The molecule has 2 aromatic carbocycles. The van der Waals surface area contributed by atoms with Crippen molar-refractivity contribution in [1.29, 1.82) is 0 Å². The first-order valence-electron chi connectivity index (χ1n) is 8.56. The number of rotatable bonds is 3. The van der Waals surface area contributed by atoms with Crippen LogP contribution in [-0.2, 0) is 0 Å². The van der Waals surface area contributed by atoms with Crippen molar-refractivity contribution in [2.75, 3.05) is 0 Å². The van der Waals surface area contributed by atoms with Gasteiger partial charge in [-0.1, -0.05) is 84.5 Å². The van der Waals surface area contributed by atoms with E-state index in [1.165, 1.54) is 11.1 Å². The van der Waals surface area contributed by atoms with E-state index in [1.807, 2.05) is 86.7 Å². The van der Waals surface area contributed by atoms with Gasteiger partial charge in [0.1, 0.15) is 5.75 Å².